The zero-order chi connectivity index (χ0) is 13.2. The maximum Gasteiger partial charge on any atom is 0.323 e. The molecule has 2 fully saturated rings. The van der Waals surface area contributed by atoms with Crippen LogP contribution in [0.25, 0.3) is 0 Å². The zero-order valence-electron chi connectivity index (χ0n) is 10.9. The minimum absolute atomic E-state index is 0.0223. The van der Waals surface area contributed by atoms with E-state index < -0.39 is 0 Å². The number of rotatable bonds is 3. The van der Waals surface area contributed by atoms with Crippen molar-refractivity contribution in [2.45, 2.75) is 38.1 Å². The van der Waals surface area contributed by atoms with E-state index in [1.54, 1.807) is 11.0 Å². The highest BCUT2D eigenvalue weighted by Crippen LogP contribution is 2.22. The van der Waals surface area contributed by atoms with Gasteiger partial charge < -0.3 is 9.47 Å². The summed E-state index contributed by atoms with van der Waals surface area (Å²) >= 11 is 0. The molecule has 1 aromatic rings. The molecule has 1 aromatic heterocycles. The van der Waals surface area contributed by atoms with E-state index in [9.17, 15) is 4.79 Å². The van der Waals surface area contributed by atoms with Gasteiger partial charge in [0.2, 0.25) is 0 Å². The van der Waals surface area contributed by atoms with Gasteiger partial charge in [-0.05, 0) is 6.92 Å². The second kappa shape index (κ2) is 5.26. The van der Waals surface area contributed by atoms with Crippen LogP contribution >= 0.6 is 0 Å². The van der Waals surface area contributed by atoms with E-state index in [4.69, 9.17) is 9.47 Å². The molecule has 2 saturated heterocycles. The Kier molecular flexibility index (Phi) is 3.48. The van der Waals surface area contributed by atoms with Crippen molar-refractivity contribution in [1.29, 1.82) is 0 Å². The number of cyclic esters (lactones) is 1. The molecule has 2 aliphatic heterocycles. The fraction of sp³-hybridized carbons (Fsp3) is 0.750. The molecule has 3 heterocycles. The smallest absolute Gasteiger partial charge is 0.323 e. The highest BCUT2D eigenvalue weighted by molar-refractivity contribution is 5.78. The first kappa shape index (κ1) is 12.6. The fourth-order valence-corrected chi connectivity index (χ4v) is 2.71. The van der Waals surface area contributed by atoms with Crippen LogP contribution in [0.5, 0.6) is 0 Å². The Morgan fingerprint density at radius 1 is 1.53 bits per heavy atom. The normalized spacial score (nSPS) is 32.5. The third kappa shape index (κ3) is 2.76. The van der Waals surface area contributed by atoms with Crippen molar-refractivity contribution in [3.63, 3.8) is 0 Å². The Hall–Kier alpha value is -1.47. The Balaban J connectivity index is 1.60. The molecular weight excluding hydrogens is 248 g/mol. The molecule has 3 atom stereocenters. The van der Waals surface area contributed by atoms with Crippen LogP contribution in [0.15, 0.2) is 12.7 Å². The molecule has 0 spiro atoms. The molecule has 0 aliphatic carbocycles. The van der Waals surface area contributed by atoms with Crippen molar-refractivity contribution in [1.82, 2.24) is 19.7 Å². The molecule has 19 heavy (non-hydrogen) atoms. The number of ether oxygens (including phenoxy) is 2. The van der Waals surface area contributed by atoms with Gasteiger partial charge in [0.25, 0.3) is 0 Å². The molecule has 0 saturated carbocycles. The number of carbonyl (C=O) groups excluding carboxylic acids is 1. The van der Waals surface area contributed by atoms with E-state index >= 15 is 0 Å². The van der Waals surface area contributed by atoms with Gasteiger partial charge in [0.15, 0.2) is 0 Å². The second-order valence-electron chi connectivity index (χ2n) is 5.10. The number of carbonyl (C=O) groups is 1. The Morgan fingerprint density at radius 2 is 2.42 bits per heavy atom. The van der Waals surface area contributed by atoms with Gasteiger partial charge in [0.1, 0.15) is 24.8 Å². The average Bonchev–Trinajstić information content (AvgIpc) is 2.99. The van der Waals surface area contributed by atoms with Crippen molar-refractivity contribution < 1.29 is 14.3 Å². The average molecular weight is 266 g/mol. The quantitative estimate of drug-likeness (QED) is 0.699. The van der Waals surface area contributed by atoms with Gasteiger partial charge in [0.05, 0.1) is 19.3 Å². The van der Waals surface area contributed by atoms with Crippen molar-refractivity contribution in [2.24, 2.45) is 0 Å². The van der Waals surface area contributed by atoms with Crippen LogP contribution in [0.3, 0.4) is 0 Å². The highest BCUT2D eigenvalue weighted by atomic mass is 16.6. The van der Waals surface area contributed by atoms with Crippen LogP contribution in [0, 0.1) is 0 Å². The lowest BCUT2D eigenvalue weighted by Gasteiger charge is -2.35. The molecule has 7 heteroatoms. The standard InChI is InChI=1S/C12H18N4O3/c1-9-4-11(12(17)19-9)15-2-3-18-10(5-15)6-16-8-13-7-14-16/h7-11H,2-6H2,1H3/t9-,10+,11+/m1/s1. The molecule has 0 N–H and O–H groups in total. The lowest BCUT2D eigenvalue weighted by Crippen LogP contribution is -2.50. The summed E-state index contributed by atoms with van der Waals surface area (Å²) < 4.78 is 12.7. The van der Waals surface area contributed by atoms with E-state index in [0.29, 0.717) is 13.2 Å². The van der Waals surface area contributed by atoms with Crippen molar-refractivity contribution in [3.05, 3.63) is 12.7 Å². The number of hydrogen-bond acceptors (Lipinski definition) is 6. The van der Waals surface area contributed by atoms with Crippen molar-refractivity contribution in [2.75, 3.05) is 19.7 Å². The number of aromatic nitrogens is 3. The molecule has 0 amide bonds. The number of nitrogens with zero attached hydrogens (tertiary/aromatic N) is 4. The number of hydrogen-bond donors (Lipinski definition) is 0. The second-order valence-corrected chi connectivity index (χ2v) is 5.10. The van der Waals surface area contributed by atoms with Gasteiger partial charge in [-0.3, -0.25) is 14.4 Å². The van der Waals surface area contributed by atoms with E-state index in [0.717, 1.165) is 19.5 Å². The molecular formula is C12H18N4O3. The van der Waals surface area contributed by atoms with E-state index in [1.807, 2.05) is 6.92 Å². The lowest BCUT2D eigenvalue weighted by atomic mass is 10.1. The van der Waals surface area contributed by atoms with E-state index in [1.165, 1.54) is 6.33 Å². The summed E-state index contributed by atoms with van der Waals surface area (Å²) in [5.41, 5.74) is 0. The number of morpholine rings is 1. The van der Waals surface area contributed by atoms with Crippen molar-refractivity contribution >= 4 is 5.97 Å². The highest BCUT2D eigenvalue weighted by Gasteiger charge is 2.38. The van der Waals surface area contributed by atoms with E-state index in [-0.39, 0.29) is 24.2 Å². The van der Waals surface area contributed by atoms with Gasteiger partial charge >= 0.3 is 5.97 Å². The fourth-order valence-electron chi connectivity index (χ4n) is 2.71. The Bertz CT molecular complexity index is 436. The van der Waals surface area contributed by atoms with Crippen LogP contribution < -0.4 is 0 Å². The predicted octanol–water partition coefficient (Wildman–Crippen LogP) is -0.317. The minimum Gasteiger partial charge on any atom is -0.461 e. The van der Waals surface area contributed by atoms with Gasteiger partial charge in [-0.2, -0.15) is 5.10 Å². The molecule has 2 aliphatic rings. The number of esters is 1. The topological polar surface area (TPSA) is 69.5 Å². The first-order valence-electron chi connectivity index (χ1n) is 6.61. The molecule has 3 rings (SSSR count). The third-order valence-corrected chi connectivity index (χ3v) is 3.61. The van der Waals surface area contributed by atoms with Crippen LogP contribution in [0.2, 0.25) is 0 Å². The van der Waals surface area contributed by atoms with Crippen LogP contribution in [0.1, 0.15) is 13.3 Å². The maximum atomic E-state index is 11.8. The lowest BCUT2D eigenvalue weighted by molar-refractivity contribution is -0.147. The molecule has 0 unspecified atom stereocenters. The van der Waals surface area contributed by atoms with Crippen LogP contribution in [0.4, 0.5) is 0 Å². The SMILES string of the molecule is C[C@@H]1C[C@H](N2CCO[C@H](Cn3cncn3)C2)C(=O)O1. The van der Waals surface area contributed by atoms with E-state index in [2.05, 4.69) is 15.0 Å². The third-order valence-electron chi connectivity index (χ3n) is 3.61. The summed E-state index contributed by atoms with van der Waals surface area (Å²) in [4.78, 5) is 17.9. The monoisotopic (exact) mass is 266 g/mol. The molecule has 7 nitrogen and oxygen atoms in total. The largest absolute Gasteiger partial charge is 0.461 e. The summed E-state index contributed by atoms with van der Waals surface area (Å²) in [6.45, 7) is 4.74. The molecule has 0 aromatic carbocycles. The molecule has 0 bridgehead atoms. The first-order valence-corrected chi connectivity index (χ1v) is 6.61. The molecule has 104 valence electrons. The first-order chi connectivity index (χ1) is 9.22. The minimum atomic E-state index is -0.114. The van der Waals surface area contributed by atoms with Gasteiger partial charge in [-0.25, -0.2) is 4.98 Å². The molecule has 0 radical (unpaired) electrons. The van der Waals surface area contributed by atoms with Gasteiger partial charge in [-0.15, -0.1) is 0 Å². The van der Waals surface area contributed by atoms with Crippen LogP contribution in [-0.4, -0.2) is 63.6 Å². The summed E-state index contributed by atoms with van der Waals surface area (Å²) in [5.74, 6) is -0.103. The summed E-state index contributed by atoms with van der Waals surface area (Å²) in [6, 6.07) is -0.114. The summed E-state index contributed by atoms with van der Waals surface area (Å²) in [6.07, 6.45) is 4.02. The Labute approximate surface area is 111 Å². The van der Waals surface area contributed by atoms with Crippen LogP contribution in [-0.2, 0) is 20.8 Å². The maximum absolute atomic E-state index is 11.8. The van der Waals surface area contributed by atoms with Gasteiger partial charge in [-0.1, -0.05) is 0 Å². The Morgan fingerprint density at radius 3 is 3.11 bits per heavy atom. The summed E-state index contributed by atoms with van der Waals surface area (Å²) in [5, 5.41) is 4.08. The predicted molar refractivity (Wildman–Crippen MR) is 65.3 cm³/mol. The van der Waals surface area contributed by atoms with Gasteiger partial charge in [0, 0.05) is 19.5 Å². The van der Waals surface area contributed by atoms with Crippen molar-refractivity contribution in [3.8, 4) is 0 Å². The summed E-state index contributed by atoms with van der Waals surface area (Å²) in [7, 11) is 0. The zero-order valence-corrected chi connectivity index (χ0v) is 10.9.